The van der Waals surface area contributed by atoms with Crippen LogP contribution in [0.1, 0.15) is 76.0 Å². The molecular weight excluding hydrogens is 420 g/mol. The summed E-state index contributed by atoms with van der Waals surface area (Å²) in [5.41, 5.74) is 10.5. The molecule has 0 aliphatic heterocycles. The zero-order valence-corrected chi connectivity index (χ0v) is 20.2. The summed E-state index contributed by atoms with van der Waals surface area (Å²) in [6, 6.07) is 7.23. The first-order valence-corrected chi connectivity index (χ1v) is 11.7. The summed E-state index contributed by atoms with van der Waals surface area (Å²) in [5.74, 6) is -1.30. The number of benzene rings is 1. The van der Waals surface area contributed by atoms with Crippen molar-refractivity contribution in [3.05, 3.63) is 47.0 Å². The van der Waals surface area contributed by atoms with Gasteiger partial charge >= 0.3 is 11.9 Å². The normalized spacial score (nSPS) is 26.4. The Labute approximate surface area is 196 Å². The molecule has 0 aromatic heterocycles. The number of nitrogens with zero attached hydrogens (tertiary/aromatic N) is 1. The first kappa shape index (κ1) is 26.6. The van der Waals surface area contributed by atoms with Crippen molar-refractivity contribution in [1.29, 1.82) is 0 Å². The Balaban J connectivity index is 0.000000414. The third kappa shape index (κ3) is 6.67. The van der Waals surface area contributed by atoms with Crippen molar-refractivity contribution >= 4 is 18.2 Å². The second kappa shape index (κ2) is 11.5. The fraction of sp³-hybridized carbons (Fsp3) is 0.577. The minimum absolute atomic E-state index is 0.107. The first-order chi connectivity index (χ1) is 15.5. The summed E-state index contributed by atoms with van der Waals surface area (Å²) in [6.45, 7) is 10.4. The standard InChI is InChI=1S/C22H34N2O.C4H4O4/c1-16(2)17-6-8-19-18(14-17)7-9-20-21(3,15-24-25-13-12-23)10-5-11-22(19,20)4;5-3(6)1-2-4(7)8/h6,8,14-16,20H,5,7,9-13,23H2,1-4H3;1-2H,(H,5,6)(H,7,8)/b24-15+;2-1+/t20?,21-,22-;/m1./s1. The maximum absolute atomic E-state index is 9.55. The predicted octanol–water partition coefficient (Wildman–Crippen LogP) is 4.49. The molecule has 0 spiro atoms. The van der Waals surface area contributed by atoms with E-state index in [1.165, 1.54) is 37.7 Å². The van der Waals surface area contributed by atoms with E-state index in [1.54, 1.807) is 11.1 Å². The van der Waals surface area contributed by atoms with Crippen molar-refractivity contribution in [3.63, 3.8) is 0 Å². The van der Waals surface area contributed by atoms with Gasteiger partial charge < -0.3 is 20.8 Å². The molecule has 7 nitrogen and oxygen atoms in total. The van der Waals surface area contributed by atoms with Crippen LogP contribution >= 0.6 is 0 Å². The highest BCUT2D eigenvalue weighted by Crippen LogP contribution is 2.56. The van der Waals surface area contributed by atoms with Crippen molar-refractivity contribution in [3.8, 4) is 0 Å². The maximum atomic E-state index is 9.55. The van der Waals surface area contributed by atoms with Crippen LogP contribution in [0.2, 0.25) is 0 Å². The molecule has 33 heavy (non-hydrogen) atoms. The molecule has 0 saturated heterocycles. The van der Waals surface area contributed by atoms with E-state index in [0.717, 1.165) is 0 Å². The Bertz CT molecular complexity index is 879. The van der Waals surface area contributed by atoms with Gasteiger partial charge in [-0.3, -0.25) is 0 Å². The van der Waals surface area contributed by atoms with Gasteiger partial charge in [-0.25, -0.2) is 9.59 Å². The van der Waals surface area contributed by atoms with Crippen LogP contribution in [-0.2, 0) is 26.3 Å². The highest BCUT2D eigenvalue weighted by molar-refractivity contribution is 5.89. The molecule has 0 radical (unpaired) electrons. The van der Waals surface area contributed by atoms with Gasteiger partial charge in [-0.1, -0.05) is 57.5 Å². The number of fused-ring (bicyclic) bond motifs is 3. The van der Waals surface area contributed by atoms with Crippen molar-refractivity contribution in [1.82, 2.24) is 0 Å². The van der Waals surface area contributed by atoms with Crippen LogP contribution in [0.3, 0.4) is 0 Å². The van der Waals surface area contributed by atoms with Gasteiger partial charge in [-0.2, -0.15) is 0 Å². The summed E-state index contributed by atoms with van der Waals surface area (Å²) in [6.07, 6.45) is 9.34. The summed E-state index contributed by atoms with van der Waals surface area (Å²) in [4.78, 5) is 24.4. The molecule has 1 aromatic carbocycles. The van der Waals surface area contributed by atoms with Gasteiger partial charge in [0.05, 0.1) is 0 Å². The molecule has 0 amide bonds. The fourth-order valence-corrected chi connectivity index (χ4v) is 5.48. The number of aryl methyl sites for hydroxylation is 1. The van der Waals surface area contributed by atoms with E-state index in [9.17, 15) is 9.59 Å². The van der Waals surface area contributed by atoms with Gasteiger partial charge in [0, 0.05) is 30.3 Å². The Kier molecular flexibility index (Phi) is 9.23. The van der Waals surface area contributed by atoms with Gasteiger partial charge in [0.25, 0.3) is 0 Å². The average molecular weight is 459 g/mol. The van der Waals surface area contributed by atoms with E-state index in [2.05, 4.69) is 57.3 Å². The van der Waals surface area contributed by atoms with Crippen molar-refractivity contribution in [2.45, 2.75) is 71.1 Å². The average Bonchev–Trinajstić information content (AvgIpc) is 2.75. The number of rotatable bonds is 7. The molecular formula is C26H38N2O5. The molecule has 4 N–H and O–H groups in total. The summed E-state index contributed by atoms with van der Waals surface area (Å²) < 4.78 is 0. The molecule has 1 unspecified atom stereocenters. The highest BCUT2D eigenvalue weighted by atomic mass is 16.6. The number of carboxylic acids is 2. The Morgan fingerprint density at radius 1 is 1.21 bits per heavy atom. The lowest BCUT2D eigenvalue weighted by Crippen LogP contribution is -2.49. The lowest BCUT2D eigenvalue weighted by molar-refractivity contribution is -0.134. The maximum Gasteiger partial charge on any atom is 0.328 e. The minimum Gasteiger partial charge on any atom is -0.478 e. The Morgan fingerprint density at radius 3 is 2.45 bits per heavy atom. The monoisotopic (exact) mass is 458 g/mol. The molecule has 1 fully saturated rings. The van der Waals surface area contributed by atoms with Gasteiger partial charge in [0.2, 0.25) is 0 Å². The number of oxime groups is 1. The lowest BCUT2D eigenvalue weighted by Gasteiger charge is -2.54. The van der Waals surface area contributed by atoms with Crippen LogP contribution in [0.4, 0.5) is 0 Å². The van der Waals surface area contributed by atoms with Gasteiger partial charge in [-0.15, -0.1) is 0 Å². The van der Waals surface area contributed by atoms with Crippen molar-refractivity contribution < 1.29 is 24.6 Å². The Hall–Kier alpha value is -2.67. The van der Waals surface area contributed by atoms with Crippen LogP contribution < -0.4 is 5.73 Å². The number of hydrogen-bond donors (Lipinski definition) is 3. The van der Waals surface area contributed by atoms with E-state index >= 15 is 0 Å². The molecule has 1 saturated carbocycles. The van der Waals surface area contributed by atoms with Crippen LogP contribution in [-0.4, -0.2) is 41.5 Å². The zero-order valence-electron chi connectivity index (χ0n) is 20.2. The van der Waals surface area contributed by atoms with Crippen LogP contribution in [0.25, 0.3) is 0 Å². The topological polar surface area (TPSA) is 122 Å². The smallest absolute Gasteiger partial charge is 0.328 e. The van der Waals surface area contributed by atoms with Crippen molar-refractivity contribution in [2.24, 2.45) is 22.2 Å². The minimum atomic E-state index is -1.26. The number of nitrogens with two attached hydrogens (primary N) is 1. The molecule has 3 atom stereocenters. The SMILES string of the molecule is CC(C)c1ccc2c(c1)CCC1[C@@](C)(/C=N/OCCN)CCC[C@]21C.O=C(O)/C=C/C(=O)O. The number of carbonyl (C=O) groups is 2. The van der Waals surface area contributed by atoms with Crippen LogP contribution in [0.5, 0.6) is 0 Å². The van der Waals surface area contributed by atoms with Gasteiger partial charge in [-0.05, 0) is 59.6 Å². The third-order valence-electron chi connectivity index (χ3n) is 7.09. The Morgan fingerprint density at radius 2 is 1.88 bits per heavy atom. The first-order valence-electron chi connectivity index (χ1n) is 11.7. The van der Waals surface area contributed by atoms with Gasteiger partial charge in [0.15, 0.2) is 0 Å². The van der Waals surface area contributed by atoms with Crippen LogP contribution in [0, 0.1) is 11.3 Å². The number of aliphatic carboxylic acids is 2. The van der Waals surface area contributed by atoms with Crippen LogP contribution in [0.15, 0.2) is 35.5 Å². The third-order valence-corrected chi connectivity index (χ3v) is 7.09. The lowest BCUT2D eigenvalue weighted by atomic mass is 9.50. The van der Waals surface area contributed by atoms with Crippen molar-refractivity contribution in [2.75, 3.05) is 13.2 Å². The highest BCUT2D eigenvalue weighted by Gasteiger charge is 2.51. The van der Waals surface area contributed by atoms with E-state index < -0.39 is 11.9 Å². The molecule has 0 bridgehead atoms. The largest absolute Gasteiger partial charge is 0.478 e. The van der Waals surface area contributed by atoms with E-state index in [1.807, 2.05) is 0 Å². The molecule has 7 heteroatoms. The fourth-order valence-electron chi connectivity index (χ4n) is 5.48. The zero-order chi connectivity index (χ0) is 24.6. The summed E-state index contributed by atoms with van der Waals surface area (Å²) in [5, 5.41) is 19.9. The summed E-state index contributed by atoms with van der Waals surface area (Å²) >= 11 is 0. The molecule has 2 aliphatic rings. The molecule has 3 rings (SSSR count). The van der Waals surface area contributed by atoms with E-state index in [0.29, 0.717) is 37.1 Å². The second-order valence-corrected chi connectivity index (χ2v) is 9.81. The quantitative estimate of drug-likeness (QED) is 0.239. The predicted molar refractivity (Wildman–Crippen MR) is 130 cm³/mol. The molecule has 1 aromatic rings. The molecule has 2 aliphatic carbocycles. The van der Waals surface area contributed by atoms with E-state index in [-0.39, 0.29) is 10.8 Å². The summed E-state index contributed by atoms with van der Waals surface area (Å²) in [7, 11) is 0. The van der Waals surface area contributed by atoms with E-state index in [4.69, 9.17) is 20.8 Å². The molecule has 182 valence electrons. The van der Waals surface area contributed by atoms with Gasteiger partial charge in [0.1, 0.15) is 6.61 Å². The second-order valence-electron chi connectivity index (χ2n) is 9.81. The number of carboxylic acid groups (broad SMARTS) is 2. The number of hydrogen-bond acceptors (Lipinski definition) is 5. The molecule has 0 heterocycles.